The van der Waals surface area contributed by atoms with Crippen LogP contribution in [0.25, 0.3) is 50.7 Å². The maximum absolute atomic E-state index is 9.49. The third-order valence-electron chi connectivity index (χ3n) is 8.74. The molecule has 0 saturated heterocycles. The first-order valence-electron chi connectivity index (χ1n) is 16.5. The third-order valence-corrected chi connectivity index (χ3v) is 8.74. The van der Waals surface area contributed by atoms with E-state index in [9.17, 15) is 5.26 Å². The Labute approximate surface area is 291 Å². The van der Waals surface area contributed by atoms with Gasteiger partial charge < -0.3 is 5.32 Å². The van der Waals surface area contributed by atoms with E-state index in [0.717, 1.165) is 67.3 Å². The Hall–Kier alpha value is -6.90. The Balaban J connectivity index is 1.33. The molecule has 236 valence electrons. The van der Waals surface area contributed by atoms with Crippen molar-refractivity contribution in [2.45, 2.75) is 6.17 Å². The average Bonchev–Trinajstić information content (AvgIpc) is 3.21. The van der Waals surface area contributed by atoms with Gasteiger partial charge in [-0.05, 0) is 70.3 Å². The largest absolute Gasteiger partial charge is 0.360 e. The van der Waals surface area contributed by atoms with Crippen LogP contribution in [-0.2, 0) is 0 Å². The molecule has 1 N–H and O–H groups in total. The second-order valence-electron chi connectivity index (χ2n) is 12.1. The number of aliphatic imine (C=N–C) groups is 1. The Morgan fingerprint density at radius 1 is 0.480 bits per heavy atom. The summed E-state index contributed by atoms with van der Waals surface area (Å²) in [5.74, 6) is 0.657. The van der Waals surface area contributed by atoms with Crippen molar-refractivity contribution in [3.8, 4) is 51.1 Å². The van der Waals surface area contributed by atoms with Gasteiger partial charge in [0.2, 0.25) is 0 Å². The van der Waals surface area contributed by atoms with Gasteiger partial charge in [0.1, 0.15) is 6.17 Å². The molecule has 0 spiro atoms. The molecule has 1 atom stereocenters. The van der Waals surface area contributed by atoms with Crippen LogP contribution in [-0.4, -0.2) is 15.7 Å². The molecular formula is C45H31N5. The van der Waals surface area contributed by atoms with Crippen molar-refractivity contribution < 1.29 is 0 Å². The van der Waals surface area contributed by atoms with Gasteiger partial charge in [0.25, 0.3) is 0 Å². The van der Waals surface area contributed by atoms with E-state index in [2.05, 4.69) is 78.1 Å². The van der Waals surface area contributed by atoms with Gasteiger partial charge >= 0.3 is 0 Å². The van der Waals surface area contributed by atoms with E-state index in [1.807, 2.05) is 109 Å². The monoisotopic (exact) mass is 641 g/mol. The summed E-state index contributed by atoms with van der Waals surface area (Å²) in [5.41, 5.74) is 12.1. The molecule has 5 nitrogen and oxygen atoms in total. The third kappa shape index (κ3) is 6.47. The van der Waals surface area contributed by atoms with Crippen molar-refractivity contribution in [3.63, 3.8) is 0 Å². The summed E-state index contributed by atoms with van der Waals surface area (Å²) in [7, 11) is 0. The van der Waals surface area contributed by atoms with Crippen LogP contribution in [0, 0.1) is 11.3 Å². The highest BCUT2D eigenvalue weighted by molar-refractivity contribution is 6.13. The zero-order valence-corrected chi connectivity index (χ0v) is 27.1. The summed E-state index contributed by atoms with van der Waals surface area (Å²) >= 11 is 0. The van der Waals surface area contributed by atoms with Crippen molar-refractivity contribution in [2.75, 3.05) is 0 Å². The van der Waals surface area contributed by atoms with Crippen LogP contribution in [0.3, 0.4) is 0 Å². The highest BCUT2D eigenvalue weighted by Crippen LogP contribution is 2.35. The Bertz CT molecular complexity index is 2320. The molecule has 2 heterocycles. The fraction of sp³-hybridized carbons (Fsp3) is 0.0222. The second kappa shape index (κ2) is 13.7. The topological polar surface area (TPSA) is 74.0 Å². The SMILES string of the molecule is N#Cc1ccc(-c2cc(C3=CC(c4ccccc4)=NC(c4ccccc4)N3)cc(-c3cc(-c4ccccc4)nc(-c4ccccc4)n3)c2)cc1. The van der Waals surface area contributed by atoms with Crippen LogP contribution >= 0.6 is 0 Å². The number of nitriles is 1. The second-order valence-corrected chi connectivity index (χ2v) is 12.1. The lowest BCUT2D eigenvalue weighted by atomic mass is 9.94. The quantitative estimate of drug-likeness (QED) is 0.188. The van der Waals surface area contributed by atoms with Gasteiger partial charge in [-0.25, -0.2) is 9.97 Å². The molecule has 1 aliphatic heterocycles. The maximum atomic E-state index is 9.49. The minimum absolute atomic E-state index is 0.276. The number of aromatic nitrogens is 2. The molecule has 0 amide bonds. The number of nitrogens with one attached hydrogen (secondary N) is 1. The zero-order valence-electron chi connectivity index (χ0n) is 27.1. The van der Waals surface area contributed by atoms with E-state index >= 15 is 0 Å². The molecule has 1 unspecified atom stereocenters. The van der Waals surface area contributed by atoms with Crippen LogP contribution in [0.5, 0.6) is 0 Å². The fourth-order valence-corrected chi connectivity index (χ4v) is 6.16. The van der Waals surface area contributed by atoms with Crippen molar-refractivity contribution in [3.05, 3.63) is 198 Å². The van der Waals surface area contributed by atoms with E-state index in [-0.39, 0.29) is 6.17 Å². The highest BCUT2D eigenvalue weighted by atomic mass is 15.1. The van der Waals surface area contributed by atoms with Crippen LogP contribution in [0.1, 0.15) is 28.4 Å². The van der Waals surface area contributed by atoms with Gasteiger partial charge in [-0.3, -0.25) is 4.99 Å². The first kappa shape index (κ1) is 30.4. The molecule has 0 aliphatic carbocycles. The number of rotatable bonds is 7. The highest BCUT2D eigenvalue weighted by Gasteiger charge is 2.21. The molecule has 1 aromatic heterocycles. The normalized spacial score (nSPS) is 13.8. The Morgan fingerprint density at radius 2 is 1.02 bits per heavy atom. The van der Waals surface area contributed by atoms with Gasteiger partial charge in [-0.1, -0.05) is 133 Å². The fourth-order valence-electron chi connectivity index (χ4n) is 6.16. The molecule has 0 radical (unpaired) electrons. The molecule has 8 rings (SSSR count). The van der Waals surface area contributed by atoms with Gasteiger partial charge in [0, 0.05) is 22.4 Å². The number of hydrogen-bond acceptors (Lipinski definition) is 5. The minimum atomic E-state index is -0.276. The van der Waals surface area contributed by atoms with E-state index in [1.165, 1.54) is 0 Å². The average molecular weight is 642 g/mol. The van der Waals surface area contributed by atoms with Crippen molar-refractivity contribution >= 4 is 11.4 Å². The van der Waals surface area contributed by atoms with Gasteiger partial charge in [0.05, 0.1) is 28.7 Å². The van der Waals surface area contributed by atoms with Crippen LogP contribution in [0.15, 0.2) is 181 Å². The summed E-state index contributed by atoms with van der Waals surface area (Å²) in [4.78, 5) is 15.3. The molecule has 1 aliphatic rings. The van der Waals surface area contributed by atoms with Gasteiger partial charge in [0.15, 0.2) is 5.82 Å². The molecule has 6 aromatic carbocycles. The molecule has 0 bridgehead atoms. The zero-order chi connectivity index (χ0) is 33.7. The maximum Gasteiger partial charge on any atom is 0.160 e. The summed E-state index contributed by atoms with van der Waals surface area (Å²) in [5, 5.41) is 13.2. The summed E-state index contributed by atoms with van der Waals surface area (Å²) in [6.45, 7) is 0. The van der Waals surface area contributed by atoms with E-state index in [4.69, 9.17) is 15.0 Å². The predicted octanol–water partition coefficient (Wildman–Crippen LogP) is 10.1. The minimum Gasteiger partial charge on any atom is -0.360 e. The number of benzene rings is 6. The van der Waals surface area contributed by atoms with Crippen LogP contribution in [0.2, 0.25) is 0 Å². The van der Waals surface area contributed by atoms with Crippen LogP contribution in [0.4, 0.5) is 0 Å². The Kier molecular flexibility index (Phi) is 8.33. The van der Waals surface area contributed by atoms with Gasteiger partial charge in [-0.2, -0.15) is 5.26 Å². The molecule has 5 heteroatoms. The molecular weight excluding hydrogens is 611 g/mol. The number of nitrogens with zero attached hydrogens (tertiary/aromatic N) is 4. The lowest BCUT2D eigenvalue weighted by Crippen LogP contribution is -2.24. The lowest BCUT2D eigenvalue weighted by Gasteiger charge is -2.25. The van der Waals surface area contributed by atoms with Crippen molar-refractivity contribution in [1.82, 2.24) is 15.3 Å². The van der Waals surface area contributed by atoms with E-state index in [0.29, 0.717) is 11.4 Å². The Morgan fingerprint density at radius 3 is 1.66 bits per heavy atom. The van der Waals surface area contributed by atoms with Crippen molar-refractivity contribution in [1.29, 1.82) is 5.26 Å². The summed E-state index contributed by atoms with van der Waals surface area (Å²) < 4.78 is 0. The van der Waals surface area contributed by atoms with Gasteiger partial charge in [-0.15, -0.1) is 0 Å². The molecule has 0 saturated carbocycles. The molecule has 0 fully saturated rings. The first-order chi connectivity index (χ1) is 24.7. The van der Waals surface area contributed by atoms with Crippen molar-refractivity contribution in [2.24, 2.45) is 4.99 Å². The predicted molar refractivity (Wildman–Crippen MR) is 202 cm³/mol. The number of hydrogen-bond donors (Lipinski definition) is 1. The molecule has 7 aromatic rings. The number of allylic oxidation sites excluding steroid dienone is 1. The summed E-state index contributed by atoms with van der Waals surface area (Å²) in [6, 6.07) is 59.5. The first-order valence-corrected chi connectivity index (χ1v) is 16.5. The summed E-state index contributed by atoms with van der Waals surface area (Å²) in [6.07, 6.45) is 1.85. The van der Waals surface area contributed by atoms with Crippen LogP contribution < -0.4 is 5.32 Å². The van der Waals surface area contributed by atoms with E-state index < -0.39 is 0 Å². The molecule has 50 heavy (non-hydrogen) atoms. The standard InChI is InChI=1S/C45H31N5/c46-30-31-21-23-32(24-22-31)37-25-38(42-28-40(33-13-5-1-6-14-33)47-44(49-42)35-17-9-3-10-18-35)27-39(26-37)43-29-41(34-15-7-2-8-16-34)48-45(50-43)36-19-11-4-12-20-36/h1-29,44,49H. The smallest absolute Gasteiger partial charge is 0.160 e. The van der Waals surface area contributed by atoms with E-state index in [1.54, 1.807) is 0 Å². The lowest BCUT2D eigenvalue weighted by molar-refractivity contribution is 0.664.